The summed E-state index contributed by atoms with van der Waals surface area (Å²) in [6, 6.07) is 9.28. The molecule has 142 valence electrons. The number of nitrogens with zero attached hydrogens (tertiary/aromatic N) is 3. The first-order valence-electron chi connectivity index (χ1n) is 8.29. The van der Waals surface area contributed by atoms with Gasteiger partial charge in [-0.25, -0.2) is 9.97 Å². The van der Waals surface area contributed by atoms with Crippen molar-refractivity contribution >= 4 is 35.1 Å². The van der Waals surface area contributed by atoms with Gasteiger partial charge >= 0.3 is 5.97 Å². The lowest BCUT2D eigenvalue weighted by molar-refractivity contribution is -0.152. The first kappa shape index (κ1) is 21.0. The molecule has 0 unspecified atom stereocenters. The Morgan fingerprint density at radius 3 is 2.52 bits per heavy atom. The summed E-state index contributed by atoms with van der Waals surface area (Å²) in [5, 5.41) is 13.9. The van der Waals surface area contributed by atoms with Crippen LogP contribution < -0.4 is 5.32 Å². The van der Waals surface area contributed by atoms with Crippen molar-refractivity contribution in [3.8, 4) is 17.3 Å². The smallest absolute Gasteiger partial charge is 0.311 e. The fourth-order valence-electron chi connectivity index (χ4n) is 2.11. The van der Waals surface area contributed by atoms with Gasteiger partial charge in [0.1, 0.15) is 24.1 Å². The Balaban J connectivity index is 2.23. The molecule has 27 heavy (non-hydrogen) atoms. The van der Waals surface area contributed by atoms with Crippen molar-refractivity contribution in [2.75, 3.05) is 24.7 Å². The standard InChI is InChI=1S/C19H21ClN4O2S/c1-19(2,3)17(25)26-10-9-22-16-14(11-21)15(23-18(24-16)27-4)12-5-7-13(20)8-6-12/h5-8H,9-10H2,1-4H3,(H,22,23,24). The van der Waals surface area contributed by atoms with Gasteiger partial charge in [-0.2, -0.15) is 5.26 Å². The van der Waals surface area contributed by atoms with Crippen molar-refractivity contribution in [3.05, 3.63) is 34.9 Å². The van der Waals surface area contributed by atoms with Crippen molar-refractivity contribution in [3.63, 3.8) is 0 Å². The molecule has 0 aliphatic carbocycles. The van der Waals surface area contributed by atoms with E-state index in [-0.39, 0.29) is 12.6 Å². The van der Waals surface area contributed by atoms with Gasteiger partial charge in [-0.15, -0.1) is 0 Å². The third kappa shape index (κ3) is 5.59. The number of carbonyl (C=O) groups excluding carboxylic acids is 1. The number of aromatic nitrogens is 2. The van der Waals surface area contributed by atoms with Gasteiger partial charge in [0.05, 0.1) is 17.7 Å². The molecule has 6 nitrogen and oxygen atoms in total. The predicted octanol–water partition coefficient (Wildman–Crippen LogP) is 4.39. The highest BCUT2D eigenvalue weighted by Crippen LogP contribution is 2.29. The Labute approximate surface area is 168 Å². The number of esters is 1. The van der Waals surface area contributed by atoms with Crippen LogP contribution in [0.2, 0.25) is 5.02 Å². The highest BCUT2D eigenvalue weighted by atomic mass is 35.5. The summed E-state index contributed by atoms with van der Waals surface area (Å²) in [5.74, 6) is 0.132. The van der Waals surface area contributed by atoms with Gasteiger partial charge in [0.15, 0.2) is 5.16 Å². The summed E-state index contributed by atoms with van der Waals surface area (Å²) in [4.78, 5) is 20.7. The van der Waals surface area contributed by atoms with E-state index in [0.717, 1.165) is 5.56 Å². The molecule has 1 aromatic heterocycles. The predicted molar refractivity (Wildman–Crippen MR) is 108 cm³/mol. The molecular weight excluding hydrogens is 384 g/mol. The average Bonchev–Trinajstić information content (AvgIpc) is 2.64. The minimum absolute atomic E-state index is 0.176. The number of benzene rings is 1. The second kappa shape index (κ2) is 9.07. The SMILES string of the molecule is CSc1nc(NCCOC(=O)C(C)(C)C)c(C#N)c(-c2ccc(Cl)cc2)n1. The van der Waals surface area contributed by atoms with Crippen molar-refractivity contribution in [2.45, 2.75) is 25.9 Å². The molecule has 1 N–H and O–H groups in total. The van der Waals surface area contributed by atoms with Crippen molar-refractivity contribution in [2.24, 2.45) is 5.41 Å². The molecule has 0 aliphatic rings. The summed E-state index contributed by atoms with van der Waals surface area (Å²) in [6.45, 7) is 5.90. The quantitative estimate of drug-likeness (QED) is 0.330. The van der Waals surface area contributed by atoms with E-state index in [0.29, 0.717) is 33.8 Å². The zero-order valence-electron chi connectivity index (χ0n) is 15.7. The molecule has 1 aromatic carbocycles. The number of hydrogen-bond acceptors (Lipinski definition) is 7. The minimum atomic E-state index is -0.555. The fraction of sp³-hybridized carbons (Fsp3) is 0.368. The molecule has 0 atom stereocenters. The van der Waals surface area contributed by atoms with Crippen LogP contribution in [0.5, 0.6) is 0 Å². The van der Waals surface area contributed by atoms with Gasteiger partial charge in [0, 0.05) is 10.6 Å². The molecule has 1 heterocycles. The van der Waals surface area contributed by atoms with Crippen molar-refractivity contribution in [1.82, 2.24) is 9.97 Å². The highest BCUT2D eigenvalue weighted by Gasteiger charge is 2.23. The summed E-state index contributed by atoms with van der Waals surface area (Å²) < 4.78 is 5.24. The molecule has 8 heteroatoms. The van der Waals surface area contributed by atoms with Crippen LogP contribution >= 0.6 is 23.4 Å². The Bertz CT molecular complexity index is 858. The Morgan fingerprint density at radius 1 is 1.30 bits per heavy atom. The topological polar surface area (TPSA) is 87.9 Å². The first-order valence-corrected chi connectivity index (χ1v) is 9.89. The Kier molecular flexibility index (Phi) is 7.05. The van der Waals surface area contributed by atoms with E-state index in [1.54, 1.807) is 32.9 Å². The molecule has 2 rings (SSSR count). The fourth-order valence-corrected chi connectivity index (χ4v) is 2.60. The Hall–Kier alpha value is -2.30. The number of ether oxygens (including phenoxy) is 1. The lowest BCUT2D eigenvalue weighted by Crippen LogP contribution is -2.25. The van der Waals surface area contributed by atoms with Crippen LogP contribution in [-0.4, -0.2) is 35.3 Å². The third-order valence-electron chi connectivity index (χ3n) is 3.54. The molecule has 0 fully saturated rings. The maximum absolute atomic E-state index is 11.8. The van der Waals surface area contributed by atoms with Crippen LogP contribution in [-0.2, 0) is 9.53 Å². The number of nitrogens with one attached hydrogen (secondary N) is 1. The van der Waals surface area contributed by atoms with E-state index in [9.17, 15) is 10.1 Å². The second-order valence-electron chi connectivity index (χ2n) is 6.71. The van der Waals surface area contributed by atoms with Gasteiger partial charge < -0.3 is 10.1 Å². The minimum Gasteiger partial charge on any atom is -0.463 e. The zero-order valence-corrected chi connectivity index (χ0v) is 17.2. The number of carbonyl (C=O) groups is 1. The lowest BCUT2D eigenvalue weighted by atomic mass is 9.97. The van der Waals surface area contributed by atoms with Gasteiger partial charge in [-0.1, -0.05) is 35.5 Å². The van der Waals surface area contributed by atoms with Crippen LogP contribution in [0.3, 0.4) is 0 Å². The van der Waals surface area contributed by atoms with Crippen LogP contribution in [0, 0.1) is 16.7 Å². The summed E-state index contributed by atoms with van der Waals surface area (Å²) in [5.41, 5.74) is 1.08. The number of hydrogen-bond donors (Lipinski definition) is 1. The molecule has 0 radical (unpaired) electrons. The third-order valence-corrected chi connectivity index (χ3v) is 4.34. The highest BCUT2D eigenvalue weighted by molar-refractivity contribution is 7.98. The van der Waals surface area contributed by atoms with E-state index >= 15 is 0 Å². The van der Waals surface area contributed by atoms with Gasteiger partial charge in [-0.05, 0) is 39.2 Å². The van der Waals surface area contributed by atoms with Crippen LogP contribution in [0.1, 0.15) is 26.3 Å². The van der Waals surface area contributed by atoms with E-state index in [2.05, 4.69) is 21.4 Å². The van der Waals surface area contributed by atoms with Crippen molar-refractivity contribution in [1.29, 1.82) is 5.26 Å². The maximum atomic E-state index is 11.8. The van der Waals surface area contributed by atoms with Crippen LogP contribution in [0.15, 0.2) is 29.4 Å². The maximum Gasteiger partial charge on any atom is 0.311 e. The van der Waals surface area contributed by atoms with Gasteiger partial charge in [0.2, 0.25) is 0 Å². The average molecular weight is 405 g/mol. The first-order chi connectivity index (χ1) is 12.8. The number of rotatable bonds is 6. The van der Waals surface area contributed by atoms with E-state index in [1.807, 2.05) is 18.4 Å². The zero-order chi connectivity index (χ0) is 20.0. The molecular formula is C19H21ClN4O2S. The molecule has 0 saturated heterocycles. The van der Waals surface area contributed by atoms with Gasteiger partial charge in [0.25, 0.3) is 0 Å². The van der Waals surface area contributed by atoms with Crippen LogP contribution in [0.25, 0.3) is 11.3 Å². The summed E-state index contributed by atoms with van der Waals surface area (Å²) in [7, 11) is 0. The number of anilines is 1. The normalized spacial score (nSPS) is 11.0. The van der Waals surface area contributed by atoms with E-state index < -0.39 is 5.41 Å². The molecule has 0 bridgehead atoms. The van der Waals surface area contributed by atoms with Gasteiger partial charge in [-0.3, -0.25) is 4.79 Å². The Morgan fingerprint density at radius 2 is 1.96 bits per heavy atom. The summed E-state index contributed by atoms with van der Waals surface area (Å²) >= 11 is 7.33. The molecule has 2 aromatic rings. The lowest BCUT2D eigenvalue weighted by Gasteiger charge is -2.17. The second-order valence-corrected chi connectivity index (χ2v) is 7.92. The summed E-state index contributed by atoms with van der Waals surface area (Å²) in [6.07, 6.45) is 1.86. The molecule has 0 aliphatic heterocycles. The van der Waals surface area contributed by atoms with E-state index in [4.69, 9.17) is 16.3 Å². The molecule has 0 spiro atoms. The number of halogens is 1. The monoisotopic (exact) mass is 404 g/mol. The van der Waals surface area contributed by atoms with Crippen LogP contribution in [0.4, 0.5) is 5.82 Å². The molecule has 0 amide bonds. The molecule has 0 saturated carbocycles. The number of nitriles is 1. The largest absolute Gasteiger partial charge is 0.463 e. The van der Waals surface area contributed by atoms with Crippen molar-refractivity contribution < 1.29 is 9.53 Å². The number of thioether (sulfide) groups is 1. The van der Waals surface area contributed by atoms with E-state index in [1.165, 1.54) is 11.8 Å².